The summed E-state index contributed by atoms with van der Waals surface area (Å²) in [4.78, 5) is 23.9. The average molecular weight is 343 g/mol. The first-order valence-electron chi connectivity index (χ1n) is 7.84. The van der Waals surface area contributed by atoms with Crippen molar-refractivity contribution >= 4 is 23.6 Å². The van der Waals surface area contributed by atoms with Crippen molar-refractivity contribution in [2.24, 2.45) is 0 Å². The molecule has 0 bridgehead atoms. The summed E-state index contributed by atoms with van der Waals surface area (Å²) in [5.74, 6) is -0.174. The highest BCUT2D eigenvalue weighted by Crippen LogP contribution is 2.22. The SMILES string of the molecule is CC(CCC(=O)O)NC(=O)c1ccc(CSc2ccccc2)cc1. The minimum atomic E-state index is -0.851. The zero-order valence-electron chi connectivity index (χ0n) is 13.6. The number of hydrogen-bond donors (Lipinski definition) is 2. The van der Waals surface area contributed by atoms with Crippen LogP contribution in [-0.4, -0.2) is 23.0 Å². The van der Waals surface area contributed by atoms with Gasteiger partial charge in [0.1, 0.15) is 0 Å². The van der Waals surface area contributed by atoms with Gasteiger partial charge in [-0.25, -0.2) is 0 Å². The predicted octanol–water partition coefficient (Wildman–Crippen LogP) is 3.96. The molecule has 0 aliphatic carbocycles. The minimum absolute atomic E-state index is 0.0527. The van der Waals surface area contributed by atoms with Crippen LogP contribution in [0.25, 0.3) is 0 Å². The molecule has 1 amide bonds. The van der Waals surface area contributed by atoms with Gasteiger partial charge >= 0.3 is 5.97 Å². The maximum atomic E-state index is 12.1. The maximum absolute atomic E-state index is 12.1. The molecule has 0 spiro atoms. The van der Waals surface area contributed by atoms with Crippen LogP contribution in [0.2, 0.25) is 0 Å². The second-order valence-corrected chi connectivity index (χ2v) is 6.65. The van der Waals surface area contributed by atoms with Gasteiger partial charge in [-0.15, -0.1) is 11.8 Å². The van der Waals surface area contributed by atoms with E-state index in [2.05, 4.69) is 17.4 Å². The molecule has 0 aliphatic heterocycles. The molecule has 0 saturated carbocycles. The van der Waals surface area contributed by atoms with Gasteiger partial charge in [-0.2, -0.15) is 0 Å². The van der Waals surface area contributed by atoms with Crippen molar-refractivity contribution in [2.45, 2.75) is 36.5 Å². The molecule has 1 unspecified atom stereocenters. The monoisotopic (exact) mass is 343 g/mol. The molecule has 4 nitrogen and oxygen atoms in total. The Balaban J connectivity index is 1.84. The van der Waals surface area contributed by atoms with E-state index in [-0.39, 0.29) is 18.4 Å². The quantitative estimate of drug-likeness (QED) is 0.712. The van der Waals surface area contributed by atoms with E-state index < -0.39 is 5.97 Å². The first kappa shape index (κ1) is 18.1. The fourth-order valence-corrected chi connectivity index (χ4v) is 3.03. The molecular weight excluding hydrogens is 322 g/mol. The Bertz CT molecular complexity index is 671. The van der Waals surface area contributed by atoms with Crippen LogP contribution in [0, 0.1) is 0 Å². The highest BCUT2D eigenvalue weighted by Gasteiger charge is 2.11. The number of amides is 1. The minimum Gasteiger partial charge on any atom is -0.481 e. The molecule has 0 saturated heterocycles. The van der Waals surface area contributed by atoms with E-state index >= 15 is 0 Å². The molecule has 5 heteroatoms. The maximum Gasteiger partial charge on any atom is 0.303 e. The number of rotatable bonds is 8. The van der Waals surface area contributed by atoms with E-state index in [4.69, 9.17) is 5.11 Å². The lowest BCUT2D eigenvalue weighted by molar-refractivity contribution is -0.137. The topological polar surface area (TPSA) is 66.4 Å². The molecule has 0 aliphatic rings. The third-order valence-corrected chi connectivity index (χ3v) is 4.62. The van der Waals surface area contributed by atoms with Crippen LogP contribution < -0.4 is 5.32 Å². The van der Waals surface area contributed by atoms with E-state index in [1.807, 2.05) is 37.3 Å². The van der Waals surface area contributed by atoms with Crippen molar-refractivity contribution in [1.82, 2.24) is 5.32 Å². The van der Waals surface area contributed by atoms with Crippen molar-refractivity contribution in [1.29, 1.82) is 0 Å². The summed E-state index contributed by atoms with van der Waals surface area (Å²) in [6.07, 6.45) is 0.476. The number of benzene rings is 2. The van der Waals surface area contributed by atoms with Crippen molar-refractivity contribution in [2.75, 3.05) is 0 Å². The molecule has 1 atom stereocenters. The third kappa shape index (κ3) is 6.08. The number of aliphatic carboxylic acids is 1. The Morgan fingerprint density at radius 2 is 1.75 bits per heavy atom. The normalized spacial score (nSPS) is 11.7. The molecule has 0 radical (unpaired) electrons. The summed E-state index contributed by atoms with van der Waals surface area (Å²) in [7, 11) is 0. The van der Waals surface area contributed by atoms with E-state index in [1.54, 1.807) is 23.9 Å². The van der Waals surface area contributed by atoms with Crippen LogP contribution in [0.4, 0.5) is 0 Å². The lowest BCUT2D eigenvalue weighted by Crippen LogP contribution is -2.32. The van der Waals surface area contributed by atoms with E-state index in [0.29, 0.717) is 12.0 Å². The summed E-state index contributed by atoms with van der Waals surface area (Å²) in [6.45, 7) is 1.81. The Morgan fingerprint density at radius 1 is 1.08 bits per heavy atom. The Morgan fingerprint density at radius 3 is 2.38 bits per heavy atom. The van der Waals surface area contributed by atoms with Gasteiger partial charge in [0.25, 0.3) is 5.91 Å². The Hall–Kier alpha value is -2.27. The van der Waals surface area contributed by atoms with Crippen LogP contribution in [0.1, 0.15) is 35.7 Å². The molecule has 0 aromatic heterocycles. The molecule has 126 valence electrons. The van der Waals surface area contributed by atoms with Crippen LogP contribution in [0.3, 0.4) is 0 Å². The van der Waals surface area contributed by atoms with Gasteiger partial charge in [0.05, 0.1) is 0 Å². The van der Waals surface area contributed by atoms with Crippen molar-refractivity contribution in [3.63, 3.8) is 0 Å². The standard InChI is InChI=1S/C19H21NO3S/c1-14(7-12-18(21)22)20-19(23)16-10-8-15(9-11-16)13-24-17-5-3-2-4-6-17/h2-6,8-11,14H,7,12-13H2,1H3,(H,20,23)(H,21,22). The van der Waals surface area contributed by atoms with Crippen molar-refractivity contribution in [3.05, 3.63) is 65.7 Å². The van der Waals surface area contributed by atoms with Gasteiger partial charge in [0, 0.05) is 28.7 Å². The zero-order valence-corrected chi connectivity index (χ0v) is 14.4. The molecule has 24 heavy (non-hydrogen) atoms. The third-order valence-electron chi connectivity index (χ3n) is 3.53. The predicted molar refractivity (Wildman–Crippen MR) is 96.2 cm³/mol. The van der Waals surface area contributed by atoms with Gasteiger partial charge in [-0.3, -0.25) is 9.59 Å². The van der Waals surface area contributed by atoms with Gasteiger partial charge < -0.3 is 10.4 Å². The first-order chi connectivity index (χ1) is 11.5. The number of hydrogen-bond acceptors (Lipinski definition) is 3. The zero-order chi connectivity index (χ0) is 17.4. The van der Waals surface area contributed by atoms with Gasteiger partial charge in [-0.05, 0) is 43.2 Å². The average Bonchev–Trinajstić information content (AvgIpc) is 2.59. The summed E-state index contributed by atoms with van der Waals surface area (Å²) in [6, 6.07) is 17.5. The second-order valence-electron chi connectivity index (χ2n) is 5.61. The molecule has 2 aromatic rings. The first-order valence-corrected chi connectivity index (χ1v) is 8.82. The molecule has 0 fully saturated rings. The second kappa shape index (κ2) is 9.13. The fraction of sp³-hybridized carbons (Fsp3) is 0.263. The van der Waals surface area contributed by atoms with Crippen molar-refractivity contribution in [3.8, 4) is 0 Å². The summed E-state index contributed by atoms with van der Waals surface area (Å²) < 4.78 is 0. The highest BCUT2D eigenvalue weighted by molar-refractivity contribution is 7.98. The molecule has 2 N–H and O–H groups in total. The van der Waals surface area contributed by atoms with Crippen molar-refractivity contribution < 1.29 is 14.7 Å². The van der Waals surface area contributed by atoms with Crippen LogP contribution in [0.5, 0.6) is 0 Å². The van der Waals surface area contributed by atoms with Gasteiger partial charge in [0.2, 0.25) is 0 Å². The number of carbonyl (C=O) groups is 2. The Labute approximate surface area is 146 Å². The molecule has 2 rings (SSSR count). The summed E-state index contributed by atoms with van der Waals surface area (Å²) in [5, 5.41) is 11.5. The number of carboxylic acid groups (broad SMARTS) is 1. The van der Waals surface area contributed by atoms with Gasteiger partial charge in [0.15, 0.2) is 0 Å². The summed E-state index contributed by atoms with van der Waals surface area (Å²) >= 11 is 1.75. The number of thioether (sulfide) groups is 1. The smallest absolute Gasteiger partial charge is 0.303 e. The fourth-order valence-electron chi connectivity index (χ4n) is 2.16. The number of carboxylic acids is 1. The molecule has 2 aromatic carbocycles. The van der Waals surface area contributed by atoms with Gasteiger partial charge in [-0.1, -0.05) is 30.3 Å². The molecule has 0 heterocycles. The highest BCUT2D eigenvalue weighted by atomic mass is 32.2. The molecular formula is C19H21NO3S. The van der Waals surface area contributed by atoms with Crippen LogP contribution in [0.15, 0.2) is 59.5 Å². The van der Waals surface area contributed by atoms with E-state index in [9.17, 15) is 9.59 Å². The lowest BCUT2D eigenvalue weighted by Gasteiger charge is -2.13. The number of nitrogens with one attached hydrogen (secondary N) is 1. The van der Waals surface area contributed by atoms with Crippen LogP contribution in [-0.2, 0) is 10.5 Å². The van der Waals surface area contributed by atoms with E-state index in [1.165, 1.54) is 4.90 Å². The largest absolute Gasteiger partial charge is 0.481 e. The van der Waals surface area contributed by atoms with Crippen LogP contribution >= 0.6 is 11.8 Å². The lowest BCUT2D eigenvalue weighted by atomic mass is 10.1. The Kier molecular flexibility index (Phi) is 6.88. The van der Waals surface area contributed by atoms with E-state index in [0.717, 1.165) is 11.3 Å². The number of carbonyl (C=O) groups excluding carboxylic acids is 1. The summed E-state index contributed by atoms with van der Waals surface area (Å²) in [5.41, 5.74) is 1.74.